The van der Waals surface area contributed by atoms with Crippen molar-refractivity contribution in [3.63, 3.8) is 0 Å². The van der Waals surface area contributed by atoms with Crippen LogP contribution < -0.4 is 10.1 Å². The molecule has 6 nitrogen and oxygen atoms in total. The predicted octanol–water partition coefficient (Wildman–Crippen LogP) is 4.60. The molecule has 30 heavy (non-hydrogen) atoms. The zero-order valence-electron chi connectivity index (χ0n) is 17.6. The Morgan fingerprint density at radius 3 is 2.43 bits per heavy atom. The van der Waals surface area contributed by atoms with Gasteiger partial charge in [0, 0.05) is 28.2 Å². The largest absolute Gasteiger partial charge is 0.489 e. The summed E-state index contributed by atoms with van der Waals surface area (Å²) in [4.78, 5) is 21.2. The molecule has 1 aliphatic rings. The first-order valence-corrected chi connectivity index (χ1v) is 10.5. The zero-order chi connectivity index (χ0) is 22.3. The van der Waals surface area contributed by atoms with E-state index >= 15 is 0 Å². The van der Waals surface area contributed by atoms with E-state index in [9.17, 15) is 4.79 Å². The number of ether oxygens (including phenoxy) is 1. The van der Waals surface area contributed by atoms with Crippen molar-refractivity contribution < 1.29 is 9.53 Å². The van der Waals surface area contributed by atoms with Gasteiger partial charge < -0.3 is 10.1 Å². The molecule has 1 atom stereocenters. The first-order chi connectivity index (χ1) is 14.0. The number of hydrogen-bond donors (Lipinski definition) is 2. The SMILES string of the molecule is CC(S)c1cnc(C(=O)NC2C(C)(C)C(Oc3ccc(C#N)c(Cl)c3)C2(C)C)cn1. The van der Waals surface area contributed by atoms with Crippen molar-refractivity contribution in [2.24, 2.45) is 10.8 Å². The van der Waals surface area contributed by atoms with Crippen LogP contribution in [0.25, 0.3) is 0 Å². The maximum Gasteiger partial charge on any atom is 0.271 e. The average Bonchev–Trinajstić information content (AvgIpc) is 2.69. The van der Waals surface area contributed by atoms with Gasteiger partial charge in [0.2, 0.25) is 0 Å². The lowest BCUT2D eigenvalue weighted by molar-refractivity contribution is -0.164. The highest BCUT2D eigenvalue weighted by atomic mass is 35.5. The van der Waals surface area contributed by atoms with Gasteiger partial charge in [0.1, 0.15) is 23.6 Å². The predicted molar refractivity (Wildman–Crippen MR) is 119 cm³/mol. The fraction of sp³-hybridized carbons (Fsp3) is 0.455. The van der Waals surface area contributed by atoms with Crippen LogP contribution >= 0.6 is 24.2 Å². The van der Waals surface area contributed by atoms with Gasteiger partial charge in [0.25, 0.3) is 5.91 Å². The third kappa shape index (κ3) is 3.99. The van der Waals surface area contributed by atoms with Crippen LogP contribution in [-0.2, 0) is 0 Å². The van der Waals surface area contributed by atoms with Gasteiger partial charge in [-0.2, -0.15) is 17.9 Å². The highest BCUT2D eigenvalue weighted by molar-refractivity contribution is 7.80. The Bertz CT molecular complexity index is 983. The third-order valence-electron chi connectivity index (χ3n) is 5.76. The van der Waals surface area contributed by atoms with Crippen molar-refractivity contribution in [3.05, 3.63) is 52.6 Å². The van der Waals surface area contributed by atoms with E-state index in [0.717, 1.165) is 0 Å². The van der Waals surface area contributed by atoms with Crippen LogP contribution in [0.4, 0.5) is 0 Å². The second kappa shape index (κ2) is 8.09. The molecule has 3 rings (SSSR count). The summed E-state index contributed by atoms with van der Waals surface area (Å²) in [6, 6.07) is 6.93. The maximum absolute atomic E-state index is 12.8. The van der Waals surface area contributed by atoms with Crippen molar-refractivity contribution in [1.82, 2.24) is 15.3 Å². The van der Waals surface area contributed by atoms with E-state index in [4.69, 9.17) is 21.6 Å². The number of benzene rings is 1. The number of nitrogens with one attached hydrogen (secondary N) is 1. The van der Waals surface area contributed by atoms with Gasteiger partial charge in [-0.05, 0) is 19.1 Å². The van der Waals surface area contributed by atoms with Crippen LogP contribution in [0, 0.1) is 22.2 Å². The monoisotopic (exact) mass is 444 g/mol. The molecule has 1 heterocycles. The number of rotatable bonds is 5. The van der Waals surface area contributed by atoms with Crippen LogP contribution in [0.3, 0.4) is 0 Å². The molecule has 0 spiro atoms. The van der Waals surface area contributed by atoms with Crippen LogP contribution in [0.2, 0.25) is 5.02 Å². The number of halogens is 1. The molecular formula is C22H25ClN4O2S. The number of carbonyl (C=O) groups is 1. The smallest absolute Gasteiger partial charge is 0.271 e. The summed E-state index contributed by atoms with van der Waals surface area (Å²) in [6.45, 7) is 10.1. The van der Waals surface area contributed by atoms with Gasteiger partial charge in [-0.15, -0.1) is 0 Å². The summed E-state index contributed by atoms with van der Waals surface area (Å²) in [5.41, 5.74) is 0.705. The summed E-state index contributed by atoms with van der Waals surface area (Å²) in [6.07, 6.45) is 2.88. The minimum atomic E-state index is -0.341. The van der Waals surface area contributed by atoms with Gasteiger partial charge in [0.05, 0.1) is 28.7 Å². The zero-order valence-corrected chi connectivity index (χ0v) is 19.3. The fourth-order valence-electron chi connectivity index (χ4n) is 4.47. The van der Waals surface area contributed by atoms with E-state index in [-0.39, 0.29) is 39.8 Å². The first-order valence-electron chi connectivity index (χ1n) is 9.65. The van der Waals surface area contributed by atoms with E-state index in [1.807, 2.05) is 13.0 Å². The number of nitriles is 1. The van der Waals surface area contributed by atoms with Crippen LogP contribution in [-0.4, -0.2) is 28.0 Å². The Morgan fingerprint density at radius 2 is 1.93 bits per heavy atom. The lowest BCUT2D eigenvalue weighted by Gasteiger charge is -2.63. The quantitative estimate of drug-likeness (QED) is 0.657. The van der Waals surface area contributed by atoms with E-state index in [2.05, 4.69) is 55.6 Å². The Morgan fingerprint density at radius 1 is 1.27 bits per heavy atom. The molecule has 0 saturated heterocycles. The number of aromatic nitrogens is 2. The first kappa shape index (κ1) is 22.4. The molecule has 0 bridgehead atoms. The van der Waals surface area contributed by atoms with Crippen LogP contribution in [0.15, 0.2) is 30.6 Å². The maximum atomic E-state index is 12.8. The molecule has 1 fully saturated rings. The summed E-state index contributed by atoms with van der Waals surface area (Å²) in [7, 11) is 0. The van der Waals surface area contributed by atoms with E-state index < -0.39 is 0 Å². The van der Waals surface area contributed by atoms with Crippen molar-refractivity contribution in [2.45, 2.75) is 52.0 Å². The molecule has 0 radical (unpaired) electrons. The Balaban J connectivity index is 1.74. The average molecular weight is 445 g/mol. The van der Waals surface area contributed by atoms with Crippen LogP contribution in [0.1, 0.15) is 61.6 Å². The van der Waals surface area contributed by atoms with Gasteiger partial charge in [-0.3, -0.25) is 9.78 Å². The molecule has 1 aromatic heterocycles. The Labute approximate surface area is 187 Å². The van der Waals surface area contributed by atoms with Crippen molar-refractivity contribution in [3.8, 4) is 11.8 Å². The normalized spacial score (nSPS) is 22.3. The van der Waals surface area contributed by atoms with E-state index in [1.165, 1.54) is 6.20 Å². The van der Waals surface area contributed by atoms with Gasteiger partial charge >= 0.3 is 0 Å². The second-order valence-electron chi connectivity index (χ2n) is 8.80. The molecule has 1 amide bonds. The second-order valence-corrected chi connectivity index (χ2v) is 9.98. The molecule has 1 aliphatic carbocycles. The minimum Gasteiger partial charge on any atom is -0.489 e. The van der Waals surface area contributed by atoms with E-state index in [0.29, 0.717) is 22.0 Å². The lowest BCUT2D eigenvalue weighted by Crippen LogP contribution is -2.74. The molecule has 158 valence electrons. The summed E-state index contributed by atoms with van der Waals surface area (Å²) >= 11 is 10.5. The highest BCUT2D eigenvalue weighted by Gasteiger charge is 2.64. The van der Waals surface area contributed by atoms with E-state index in [1.54, 1.807) is 24.4 Å². The summed E-state index contributed by atoms with van der Waals surface area (Å²) in [5, 5.41) is 12.4. The Hall–Kier alpha value is -2.30. The molecule has 8 heteroatoms. The number of thiol groups is 1. The topological polar surface area (TPSA) is 87.9 Å². The molecule has 1 N–H and O–H groups in total. The van der Waals surface area contributed by atoms with Crippen molar-refractivity contribution in [2.75, 3.05) is 0 Å². The van der Waals surface area contributed by atoms with Gasteiger partial charge in [-0.1, -0.05) is 39.3 Å². The molecule has 1 aromatic carbocycles. The lowest BCUT2D eigenvalue weighted by atomic mass is 9.49. The number of carbonyl (C=O) groups excluding carboxylic acids is 1. The molecule has 2 aromatic rings. The van der Waals surface area contributed by atoms with Gasteiger partial charge in [-0.25, -0.2) is 4.98 Å². The third-order valence-corrected chi connectivity index (χ3v) is 6.34. The Kier molecular flexibility index (Phi) is 6.03. The standard InChI is InChI=1S/C22H25ClN4O2S/c1-12(30)16-10-26-17(11-25-16)18(28)27-19-21(2,3)20(22(19,4)5)29-14-7-6-13(9-24)15(23)8-14/h6-8,10-12,19-20,30H,1-5H3,(H,27,28). The number of nitrogens with zero attached hydrogens (tertiary/aromatic N) is 3. The molecular weight excluding hydrogens is 420 g/mol. The molecule has 1 unspecified atom stereocenters. The molecule has 0 aliphatic heterocycles. The summed E-state index contributed by atoms with van der Waals surface area (Å²) < 4.78 is 6.24. The van der Waals surface area contributed by atoms with Crippen molar-refractivity contribution in [1.29, 1.82) is 5.26 Å². The van der Waals surface area contributed by atoms with Crippen LogP contribution in [0.5, 0.6) is 5.75 Å². The van der Waals surface area contributed by atoms with Gasteiger partial charge in [0.15, 0.2) is 0 Å². The summed E-state index contributed by atoms with van der Waals surface area (Å²) in [5.74, 6) is 0.323. The van der Waals surface area contributed by atoms with Crippen molar-refractivity contribution >= 4 is 30.1 Å². The number of hydrogen-bond acceptors (Lipinski definition) is 6. The highest BCUT2D eigenvalue weighted by Crippen LogP contribution is 2.55. The molecule has 1 saturated carbocycles. The minimum absolute atomic E-state index is 0.0484. The fourth-order valence-corrected chi connectivity index (χ4v) is 4.82. The number of amides is 1.